The first-order chi connectivity index (χ1) is 8.06. The molecule has 0 unspecified atom stereocenters. The molecule has 1 heterocycles. The SMILES string of the molecule is CC(C)Cc1ccc(-c2coc(Cl)n2)c(F)c1. The number of hydrogen-bond donors (Lipinski definition) is 0. The number of nitrogens with zero attached hydrogens (tertiary/aromatic N) is 1. The van der Waals surface area contributed by atoms with Crippen LogP contribution in [-0.4, -0.2) is 4.98 Å². The molecule has 2 rings (SSSR count). The van der Waals surface area contributed by atoms with E-state index in [0.29, 0.717) is 17.2 Å². The Morgan fingerprint density at radius 1 is 1.41 bits per heavy atom. The van der Waals surface area contributed by atoms with Gasteiger partial charge in [0.1, 0.15) is 17.8 Å². The number of aromatic nitrogens is 1. The molecular formula is C13H13ClFNO. The average molecular weight is 254 g/mol. The predicted octanol–water partition coefficient (Wildman–Crippen LogP) is 4.33. The van der Waals surface area contributed by atoms with Crippen LogP contribution in [-0.2, 0) is 6.42 Å². The Labute approximate surface area is 104 Å². The molecular weight excluding hydrogens is 241 g/mol. The lowest BCUT2D eigenvalue weighted by Crippen LogP contribution is -1.95. The first kappa shape index (κ1) is 12.1. The Hall–Kier alpha value is -1.35. The lowest BCUT2D eigenvalue weighted by molar-refractivity contribution is 0.560. The summed E-state index contributed by atoms with van der Waals surface area (Å²) in [6.45, 7) is 4.20. The van der Waals surface area contributed by atoms with Crippen molar-refractivity contribution in [3.05, 3.63) is 41.2 Å². The topological polar surface area (TPSA) is 26.0 Å². The minimum Gasteiger partial charge on any atom is -0.436 e. The van der Waals surface area contributed by atoms with Crippen molar-refractivity contribution in [3.8, 4) is 11.3 Å². The van der Waals surface area contributed by atoms with Crippen molar-refractivity contribution in [1.29, 1.82) is 0 Å². The fraction of sp³-hybridized carbons (Fsp3) is 0.308. The highest BCUT2D eigenvalue weighted by molar-refractivity contribution is 6.27. The number of hydrogen-bond acceptors (Lipinski definition) is 2. The third-order valence-corrected chi connectivity index (χ3v) is 2.60. The Bertz CT molecular complexity index is 522. The maximum absolute atomic E-state index is 13.9. The third kappa shape index (κ3) is 2.86. The molecule has 0 aliphatic rings. The second-order valence-corrected chi connectivity index (χ2v) is 4.72. The fourth-order valence-electron chi connectivity index (χ4n) is 1.74. The van der Waals surface area contributed by atoms with Crippen molar-refractivity contribution in [2.24, 2.45) is 5.92 Å². The van der Waals surface area contributed by atoms with E-state index in [-0.39, 0.29) is 11.2 Å². The van der Waals surface area contributed by atoms with Crippen LogP contribution in [0.4, 0.5) is 4.39 Å². The van der Waals surface area contributed by atoms with Crippen molar-refractivity contribution in [2.75, 3.05) is 0 Å². The lowest BCUT2D eigenvalue weighted by atomic mass is 10.0. The second kappa shape index (κ2) is 4.88. The molecule has 0 aliphatic carbocycles. The molecule has 1 aromatic heterocycles. The second-order valence-electron chi connectivity index (χ2n) is 4.40. The molecule has 4 heteroatoms. The molecule has 0 fully saturated rings. The van der Waals surface area contributed by atoms with Gasteiger partial charge >= 0.3 is 0 Å². The van der Waals surface area contributed by atoms with Crippen LogP contribution < -0.4 is 0 Å². The van der Waals surface area contributed by atoms with Gasteiger partial charge in [0.15, 0.2) is 0 Å². The van der Waals surface area contributed by atoms with Gasteiger partial charge in [0.25, 0.3) is 5.35 Å². The molecule has 17 heavy (non-hydrogen) atoms. The van der Waals surface area contributed by atoms with Gasteiger partial charge in [-0.2, -0.15) is 4.98 Å². The van der Waals surface area contributed by atoms with Crippen LogP contribution in [0.3, 0.4) is 0 Å². The molecule has 0 aliphatic heterocycles. The van der Waals surface area contributed by atoms with Crippen LogP contribution in [0.1, 0.15) is 19.4 Å². The zero-order chi connectivity index (χ0) is 12.4. The molecule has 0 saturated heterocycles. The zero-order valence-corrected chi connectivity index (χ0v) is 10.5. The number of oxazole rings is 1. The minimum atomic E-state index is -0.298. The van der Waals surface area contributed by atoms with E-state index in [1.165, 1.54) is 12.3 Å². The largest absolute Gasteiger partial charge is 0.436 e. The van der Waals surface area contributed by atoms with E-state index in [9.17, 15) is 4.39 Å². The van der Waals surface area contributed by atoms with Gasteiger partial charge < -0.3 is 4.42 Å². The molecule has 2 nitrogen and oxygen atoms in total. The van der Waals surface area contributed by atoms with E-state index in [4.69, 9.17) is 16.0 Å². The van der Waals surface area contributed by atoms with E-state index >= 15 is 0 Å². The van der Waals surface area contributed by atoms with Crippen LogP contribution in [0.2, 0.25) is 5.35 Å². The Kier molecular flexibility index (Phi) is 3.48. The molecule has 0 amide bonds. The van der Waals surface area contributed by atoms with Gasteiger partial charge in [-0.3, -0.25) is 0 Å². The summed E-state index contributed by atoms with van der Waals surface area (Å²) in [4.78, 5) is 3.89. The molecule has 0 bridgehead atoms. The van der Waals surface area contributed by atoms with Gasteiger partial charge in [-0.05, 0) is 41.6 Å². The van der Waals surface area contributed by atoms with E-state index in [1.807, 2.05) is 6.07 Å². The lowest BCUT2D eigenvalue weighted by Gasteiger charge is -2.06. The molecule has 0 N–H and O–H groups in total. The van der Waals surface area contributed by atoms with Crippen LogP contribution in [0.15, 0.2) is 28.9 Å². The van der Waals surface area contributed by atoms with Crippen LogP contribution in [0.25, 0.3) is 11.3 Å². The summed E-state index contributed by atoms with van der Waals surface area (Å²) in [7, 11) is 0. The van der Waals surface area contributed by atoms with Gasteiger partial charge in [-0.25, -0.2) is 4.39 Å². The first-order valence-electron chi connectivity index (χ1n) is 5.46. The molecule has 0 spiro atoms. The highest BCUT2D eigenvalue weighted by Crippen LogP contribution is 2.25. The van der Waals surface area contributed by atoms with Gasteiger partial charge in [0.2, 0.25) is 0 Å². The molecule has 0 radical (unpaired) electrons. The van der Waals surface area contributed by atoms with Crippen molar-refractivity contribution >= 4 is 11.6 Å². The van der Waals surface area contributed by atoms with Gasteiger partial charge in [0.05, 0.1) is 0 Å². The normalized spacial score (nSPS) is 11.1. The quantitative estimate of drug-likeness (QED) is 0.814. The predicted molar refractivity (Wildman–Crippen MR) is 65.4 cm³/mol. The van der Waals surface area contributed by atoms with E-state index in [1.54, 1.807) is 6.07 Å². The first-order valence-corrected chi connectivity index (χ1v) is 5.84. The van der Waals surface area contributed by atoms with Crippen molar-refractivity contribution in [1.82, 2.24) is 4.98 Å². The van der Waals surface area contributed by atoms with Crippen LogP contribution in [0, 0.1) is 11.7 Å². The summed E-state index contributed by atoms with van der Waals surface area (Å²) < 4.78 is 18.7. The van der Waals surface area contributed by atoms with Crippen LogP contribution >= 0.6 is 11.6 Å². The summed E-state index contributed by atoms with van der Waals surface area (Å²) in [6.07, 6.45) is 2.21. The molecule has 0 atom stereocenters. The van der Waals surface area contributed by atoms with Crippen LogP contribution in [0.5, 0.6) is 0 Å². The monoisotopic (exact) mass is 253 g/mol. The fourth-order valence-corrected chi connectivity index (χ4v) is 1.88. The number of rotatable bonds is 3. The summed E-state index contributed by atoms with van der Waals surface area (Å²) in [6, 6.07) is 5.15. The highest BCUT2D eigenvalue weighted by atomic mass is 35.5. The number of benzene rings is 1. The summed E-state index contributed by atoms with van der Waals surface area (Å²) in [5, 5.41) is 0.0191. The minimum absolute atomic E-state index is 0.0191. The Balaban J connectivity index is 2.31. The summed E-state index contributed by atoms with van der Waals surface area (Å²) in [5.74, 6) is 0.204. The Morgan fingerprint density at radius 3 is 2.71 bits per heavy atom. The summed E-state index contributed by atoms with van der Waals surface area (Å²) >= 11 is 5.56. The highest BCUT2D eigenvalue weighted by Gasteiger charge is 2.11. The van der Waals surface area contributed by atoms with E-state index < -0.39 is 0 Å². The smallest absolute Gasteiger partial charge is 0.292 e. The maximum atomic E-state index is 13.9. The average Bonchev–Trinajstić information content (AvgIpc) is 2.64. The van der Waals surface area contributed by atoms with Gasteiger partial charge in [-0.1, -0.05) is 19.9 Å². The maximum Gasteiger partial charge on any atom is 0.292 e. The molecule has 0 saturated carbocycles. The third-order valence-electron chi connectivity index (χ3n) is 2.43. The molecule has 1 aromatic carbocycles. The van der Waals surface area contributed by atoms with Crippen molar-refractivity contribution < 1.29 is 8.81 Å². The van der Waals surface area contributed by atoms with E-state index in [0.717, 1.165) is 12.0 Å². The molecule has 90 valence electrons. The zero-order valence-electron chi connectivity index (χ0n) is 9.71. The van der Waals surface area contributed by atoms with Gasteiger partial charge in [0, 0.05) is 5.56 Å². The number of halogens is 2. The standard InChI is InChI=1S/C13H13ClFNO/c1-8(2)5-9-3-4-10(11(15)6-9)12-7-17-13(14)16-12/h3-4,6-8H,5H2,1-2H3. The molecule has 2 aromatic rings. The summed E-state index contributed by atoms with van der Waals surface area (Å²) in [5.41, 5.74) is 1.81. The van der Waals surface area contributed by atoms with E-state index in [2.05, 4.69) is 18.8 Å². The Morgan fingerprint density at radius 2 is 2.18 bits per heavy atom. The van der Waals surface area contributed by atoms with Gasteiger partial charge in [-0.15, -0.1) is 0 Å². The van der Waals surface area contributed by atoms with Crippen molar-refractivity contribution in [3.63, 3.8) is 0 Å². The van der Waals surface area contributed by atoms with Crippen molar-refractivity contribution in [2.45, 2.75) is 20.3 Å².